The molecule has 0 aromatic carbocycles. The lowest BCUT2D eigenvalue weighted by molar-refractivity contribution is -0.145. The van der Waals surface area contributed by atoms with Crippen LogP contribution in [0.2, 0.25) is 0 Å². The first-order chi connectivity index (χ1) is 12.5. The Morgan fingerprint density at radius 1 is 1.46 bits per heavy atom. The summed E-state index contributed by atoms with van der Waals surface area (Å²) in [6, 6.07) is 1.76. The van der Waals surface area contributed by atoms with E-state index < -0.39 is 11.9 Å². The predicted octanol–water partition coefficient (Wildman–Crippen LogP) is 1.80. The van der Waals surface area contributed by atoms with E-state index in [1.54, 1.807) is 17.7 Å². The summed E-state index contributed by atoms with van der Waals surface area (Å²) in [6.45, 7) is 0.604. The molecule has 0 saturated carbocycles. The second-order valence-corrected chi connectivity index (χ2v) is 7.09. The molecule has 138 valence electrons. The van der Waals surface area contributed by atoms with Crippen molar-refractivity contribution < 1.29 is 23.9 Å². The first-order valence-electron chi connectivity index (χ1n) is 8.20. The molecule has 2 amide bonds. The summed E-state index contributed by atoms with van der Waals surface area (Å²) in [5, 5.41) is 11.4. The molecule has 0 bridgehead atoms. The second kappa shape index (κ2) is 7.69. The summed E-state index contributed by atoms with van der Waals surface area (Å²) in [6.07, 6.45) is 4.31. The van der Waals surface area contributed by atoms with Crippen molar-refractivity contribution in [3.05, 3.63) is 29.7 Å². The van der Waals surface area contributed by atoms with Gasteiger partial charge < -0.3 is 19.3 Å². The minimum Gasteiger partial charge on any atom is -0.481 e. The molecule has 1 N–H and O–H groups in total. The number of hydrogen-bond donors (Lipinski definition) is 1. The number of carbonyl (C=O) groups excluding carboxylic acids is 2. The van der Waals surface area contributed by atoms with Crippen LogP contribution in [0.25, 0.3) is 10.6 Å². The minimum atomic E-state index is -0.888. The van der Waals surface area contributed by atoms with Gasteiger partial charge in [-0.15, -0.1) is 11.3 Å². The number of amides is 2. The summed E-state index contributed by atoms with van der Waals surface area (Å²) in [5.41, 5.74) is 1.06. The fourth-order valence-corrected chi connectivity index (χ4v) is 3.65. The predicted molar refractivity (Wildman–Crippen MR) is 93.7 cm³/mol. The Hall–Kier alpha value is -2.68. The number of carbonyl (C=O) groups is 3. The molecule has 1 saturated heterocycles. The van der Waals surface area contributed by atoms with E-state index in [2.05, 4.69) is 4.98 Å². The molecule has 1 unspecified atom stereocenters. The molecule has 26 heavy (non-hydrogen) atoms. The van der Waals surface area contributed by atoms with Gasteiger partial charge in [0.25, 0.3) is 5.91 Å². The third-order valence-corrected chi connectivity index (χ3v) is 5.23. The summed E-state index contributed by atoms with van der Waals surface area (Å²) in [5.74, 6) is -2.03. The molecule has 2 aromatic rings. The van der Waals surface area contributed by atoms with Gasteiger partial charge in [0.15, 0.2) is 0 Å². The highest BCUT2D eigenvalue weighted by Gasteiger charge is 2.29. The van der Waals surface area contributed by atoms with Gasteiger partial charge in [-0.3, -0.25) is 14.4 Å². The Labute approximate surface area is 154 Å². The van der Waals surface area contributed by atoms with E-state index in [0.29, 0.717) is 24.4 Å². The highest BCUT2D eigenvalue weighted by molar-refractivity contribution is 7.13. The van der Waals surface area contributed by atoms with Gasteiger partial charge in [0.1, 0.15) is 17.0 Å². The number of likely N-dealkylation sites (N-methyl/N-ethyl adjacent to an activating group) is 1. The molecule has 3 heterocycles. The number of aromatic nitrogens is 1. The highest BCUT2D eigenvalue weighted by atomic mass is 32.1. The summed E-state index contributed by atoms with van der Waals surface area (Å²) < 4.78 is 5.01. The zero-order chi connectivity index (χ0) is 18.7. The number of piperidine rings is 1. The van der Waals surface area contributed by atoms with Crippen molar-refractivity contribution in [2.75, 3.05) is 26.7 Å². The van der Waals surface area contributed by atoms with E-state index in [1.807, 2.05) is 0 Å². The standard InChI is InChI=1S/C17H19N3O5S/c1-19(8-14(21)20-5-2-3-11(7-20)17(23)24)16(22)13-10-26-15(18-13)12-4-6-25-9-12/h4,6,9-11H,2-3,5,7-8H2,1H3,(H,23,24). The normalized spacial score (nSPS) is 17.1. The van der Waals surface area contributed by atoms with E-state index in [9.17, 15) is 14.4 Å². The van der Waals surface area contributed by atoms with Crippen molar-refractivity contribution in [3.8, 4) is 10.6 Å². The van der Waals surface area contributed by atoms with Crippen molar-refractivity contribution >= 4 is 29.1 Å². The van der Waals surface area contributed by atoms with Crippen molar-refractivity contribution in [2.24, 2.45) is 5.92 Å². The molecule has 0 aliphatic carbocycles. The van der Waals surface area contributed by atoms with Crippen LogP contribution in [0.3, 0.4) is 0 Å². The average molecular weight is 377 g/mol. The summed E-state index contributed by atoms with van der Waals surface area (Å²) in [7, 11) is 1.54. The third-order valence-electron chi connectivity index (χ3n) is 4.33. The van der Waals surface area contributed by atoms with Crippen molar-refractivity contribution in [2.45, 2.75) is 12.8 Å². The maximum absolute atomic E-state index is 12.5. The molecule has 1 aliphatic rings. The monoisotopic (exact) mass is 377 g/mol. The molecule has 1 atom stereocenters. The van der Waals surface area contributed by atoms with Crippen LogP contribution >= 0.6 is 11.3 Å². The van der Waals surface area contributed by atoms with Gasteiger partial charge in [-0.2, -0.15) is 0 Å². The zero-order valence-corrected chi connectivity index (χ0v) is 15.1. The van der Waals surface area contributed by atoms with Gasteiger partial charge in [-0.25, -0.2) is 4.98 Å². The Bertz CT molecular complexity index is 801. The fraction of sp³-hybridized carbons (Fsp3) is 0.412. The topological polar surface area (TPSA) is 104 Å². The zero-order valence-electron chi connectivity index (χ0n) is 14.3. The number of hydrogen-bond acceptors (Lipinski definition) is 6. The largest absolute Gasteiger partial charge is 0.481 e. The lowest BCUT2D eigenvalue weighted by atomic mass is 9.98. The molecular formula is C17H19N3O5S. The highest BCUT2D eigenvalue weighted by Crippen LogP contribution is 2.24. The lowest BCUT2D eigenvalue weighted by Gasteiger charge is -2.31. The molecule has 0 radical (unpaired) electrons. The van der Waals surface area contributed by atoms with Gasteiger partial charge in [-0.1, -0.05) is 0 Å². The first kappa shape index (κ1) is 18.1. The van der Waals surface area contributed by atoms with Crippen LogP contribution in [0.5, 0.6) is 0 Å². The van der Waals surface area contributed by atoms with Crippen LogP contribution in [0.1, 0.15) is 23.3 Å². The number of aliphatic carboxylic acids is 1. The van der Waals surface area contributed by atoms with Gasteiger partial charge in [0.2, 0.25) is 5.91 Å². The molecule has 3 rings (SSSR count). The van der Waals surface area contributed by atoms with Crippen molar-refractivity contribution in [3.63, 3.8) is 0 Å². The molecule has 2 aromatic heterocycles. The van der Waals surface area contributed by atoms with E-state index in [4.69, 9.17) is 9.52 Å². The SMILES string of the molecule is CN(CC(=O)N1CCCC(C(=O)O)C1)C(=O)c1csc(-c2ccoc2)n1. The summed E-state index contributed by atoms with van der Waals surface area (Å²) in [4.78, 5) is 43.2. The minimum absolute atomic E-state index is 0.107. The van der Waals surface area contributed by atoms with E-state index in [1.165, 1.54) is 34.4 Å². The van der Waals surface area contributed by atoms with Crippen molar-refractivity contribution in [1.29, 1.82) is 0 Å². The van der Waals surface area contributed by atoms with Crippen LogP contribution in [0.4, 0.5) is 0 Å². The van der Waals surface area contributed by atoms with E-state index >= 15 is 0 Å². The fourth-order valence-electron chi connectivity index (χ4n) is 2.87. The Kier molecular flexibility index (Phi) is 5.36. The second-order valence-electron chi connectivity index (χ2n) is 6.23. The van der Waals surface area contributed by atoms with Crippen LogP contribution < -0.4 is 0 Å². The van der Waals surface area contributed by atoms with Crippen molar-refractivity contribution in [1.82, 2.24) is 14.8 Å². The van der Waals surface area contributed by atoms with Gasteiger partial charge in [-0.05, 0) is 18.9 Å². The molecule has 8 nitrogen and oxygen atoms in total. The van der Waals surface area contributed by atoms with Crippen LogP contribution in [-0.4, -0.2) is 64.4 Å². The molecule has 1 aliphatic heterocycles. The molecular weight excluding hydrogens is 358 g/mol. The Morgan fingerprint density at radius 3 is 2.96 bits per heavy atom. The number of carboxylic acid groups (broad SMARTS) is 1. The maximum atomic E-state index is 12.5. The van der Waals surface area contributed by atoms with Gasteiger partial charge in [0.05, 0.1) is 18.7 Å². The average Bonchev–Trinajstić information content (AvgIpc) is 3.32. The van der Waals surface area contributed by atoms with Crippen LogP contribution in [0, 0.1) is 5.92 Å². The lowest BCUT2D eigenvalue weighted by Crippen LogP contribution is -2.46. The third kappa shape index (κ3) is 3.93. The number of likely N-dealkylation sites (tertiary alicyclic amines) is 1. The number of nitrogens with zero attached hydrogens (tertiary/aromatic N) is 3. The quantitative estimate of drug-likeness (QED) is 0.852. The smallest absolute Gasteiger partial charge is 0.308 e. The number of rotatable bonds is 5. The molecule has 9 heteroatoms. The first-order valence-corrected chi connectivity index (χ1v) is 9.08. The van der Waals surface area contributed by atoms with Crippen LogP contribution in [0.15, 0.2) is 28.4 Å². The Morgan fingerprint density at radius 2 is 2.27 bits per heavy atom. The summed E-state index contributed by atoms with van der Waals surface area (Å²) >= 11 is 1.32. The van der Waals surface area contributed by atoms with Gasteiger partial charge in [0, 0.05) is 31.1 Å². The molecule has 1 fully saturated rings. The number of carboxylic acids is 1. The van der Waals surface area contributed by atoms with Gasteiger partial charge >= 0.3 is 5.97 Å². The van der Waals surface area contributed by atoms with Crippen LogP contribution in [-0.2, 0) is 9.59 Å². The van der Waals surface area contributed by atoms with E-state index in [-0.39, 0.29) is 30.6 Å². The molecule has 0 spiro atoms. The number of furan rings is 1. The van der Waals surface area contributed by atoms with E-state index in [0.717, 1.165) is 5.56 Å². The maximum Gasteiger partial charge on any atom is 0.308 e. The Balaban J connectivity index is 1.60. The number of thiazole rings is 1.